The second-order valence-corrected chi connectivity index (χ2v) is 27.0. The number of carbonyl (C=O) groups is 11. The van der Waals surface area contributed by atoms with Gasteiger partial charge in [-0.05, 0) is 138 Å². The van der Waals surface area contributed by atoms with E-state index in [4.69, 9.17) is 23.1 Å². The summed E-state index contributed by atoms with van der Waals surface area (Å²) in [7, 11) is 0. The van der Waals surface area contributed by atoms with E-state index in [1.807, 2.05) is 54.6 Å². The Bertz CT molecular complexity index is 4450. The number of halogens is 1. The van der Waals surface area contributed by atoms with Gasteiger partial charge >= 0.3 is 0 Å². The lowest BCUT2D eigenvalue weighted by atomic mass is 9.99. The number of unbranched alkanes of at least 4 members (excludes halogenated alkanes) is 1. The first-order valence-electron chi connectivity index (χ1n) is 35.2. The molecule has 28 nitrogen and oxygen atoms in total. The van der Waals surface area contributed by atoms with Crippen molar-refractivity contribution in [1.29, 1.82) is 0 Å². The van der Waals surface area contributed by atoms with E-state index in [1.165, 1.54) is 67.5 Å². The Hall–Kier alpha value is -11.8. The molecule has 17 N–H and O–H groups in total. The predicted molar refractivity (Wildman–Crippen MR) is 399 cm³/mol. The fraction of sp³-hybridized carbons (Fsp3) is 0.333. The third-order valence-corrected chi connectivity index (χ3v) is 18.7. The number of aromatic hydroxyl groups is 2. The smallest absolute Gasteiger partial charge is 0.246 e. The molecule has 0 unspecified atom stereocenters. The number of amides is 11. The van der Waals surface area contributed by atoms with E-state index in [9.17, 15) is 53.7 Å². The van der Waals surface area contributed by atoms with Gasteiger partial charge in [0.1, 0.15) is 71.9 Å². The van der Waals surface area contributed by atoms with Crippen LogP contribution in [-0.4, -0.2) is 175 Å². The first-order valence-corrected chi connectivity index (χ1v) is 35.6. The molecule has 0 saturated carbocycles. The molecule has 2 aromatic heterocycles. The number of aromatic amines is 1. The molecule has 1 saturated heterocycles. The molecule has 9 rings (SSSR count). The van der Waals surface area contributed by atoms with E-state index < -0.39 is 132 Å². The number of fused-ring (bicyclic) bond motifs is 2. The lowest BCUT2D eigenvalue weighted by Gasteiger charge is -2.31. The van der Waals surface area contributed by atoms with Crippen molar-refractivity contribution in [3.8, 4) is 11.5 Å². The van der Waals surface area contributed by atoms with Gasteiger partial charge in [0.05, 0.1) is 6.61 Å². The fourth-order valence-electron chi connectivity index (χ4n) is 12.7. The number of carbonyl (C=O) groups excluding carboxylic acids is 11. The van der Waals surface area contributed by atoms with Gasteiger partial charge in [0, 0.05) is 86.5 Å². The van der Waals surface area contributed by atoms with E-state index in [1.54, 1.807) is 66.9 Å². The van der Waals surface area contributed by atoms with Crippen molar-refractivity contribution in [2.45, 2.75) is 145 Å². The average molecular weight is 1480 g/mol. The van der Waals surface area contributed by atoms with Gasteiger partial charge in [-0.15, -0.1) is 0 Å². The van der Waals surface area contributed by atoms with Gasteiger partial charge < -0.3 is 84.5 Å². The number of pyridine rings is 1. The summed E-state index contributed by atoms with van der Waals surface area (Å²) in [6, 6.07) is 27.7. The molecule has 0 bridgehead atoms. The number of para-hydroxylation sites is 1. The van der Waals surface area contributed by atoms with E-state index in [0.29, 0.717) is 62.1 Å². The normalized spacial score (nSPS) is 15.1. The molecular weight excluding hydrogens is 1390 g/mol. The zero-order chi connectivity index (χ0) is 76.7. The molecule has 10 atom stereocenters. The summed E-state index contributed by atoms with van der Waals surface area (Å²) >= 11 is 6.25. The number of hydrogen-bond acceptors (Lipinski definition) is 16. The van der Waals surface area contributed by atoms with Crippen LogP contribution in [0.1, 0.15) is 79.3 Å². The number of likely N-dealkylation sites (tertiary alicyclic amines) is 1. The number of H-pyrrole nitrogens is 1. The molecule has 0 radical (unpaired) electrons. The molecule has 3 heterocycles. The van der Waals surface area contributed by atoms with Gasteiger partial charge in [0.2, 0.25) is 65.0 Å². The monoisotopic (exact) mass is 1480 g/mol. The molecule has 8 aromatic rings. The second-order valence-electron chi connectivity index (χ2n) is 26.6. The van der Waals surface area contributed by atoms with Crippen molar-refractivity contribution in [2.75, 3.05) is 19.7 Å². The molecule has 29 heteroatoms. The number of nitrogens with zero attached hydrogens (tertiary/aromatic N) is 2. The minimum Gasteiger partial charge on any atom is -0.508 e. The summed E-state index contributed by atoms with van der Waals surface area (Å²) in [5.74, 6) is -9.20. The van der Waals surface area contributed by atoms with Crippen molar-refractivity contribution >= 4 is 98.3 Å². The number of nitrogens with two attached hydrogens (primary N) is 2. The molecule has 1 aliphatic heterocycles. The highest BCUT2D eigenvalue weighted by Crippen LogP contribution is 2.25. The van der Waals surface area contributed by atoms with Crippen LogP contribution in [0.15, 0.2) is 170 Å². The largest absolute Gasteiger partial charge is 0.508 e. The molecule has 562 valence electrons. The van der Waals surface area contributed by atoms with Crippen LogP contribution < -0.4 is 59.3 Å². The highest BCUT2D eigenvalue weighted by atomic mass is 35.5. The number of hydrogen-bond donors (Lipinski definition) is 15. The third kappa shape index (κ3) is 22.9. The van der Waals surface area contributed by atoms with Gasteiger partial charge in [0.15, 0.2) is 0 Å². The number of benzene rings is 6. The van der Waals surface area contributed by atoms with Crippen LogP contribution in [0.4, 0.5) is 0 Å². The predicted octanol–water partition coefficient (Wildman–Crippen LogP) is 2.54. The number of phenols is 2. The van der Waals surface area contributed by atoms with E-state index in [-0.39, 0.29) is 82.4 Å². The SMILES string of the molecule is CC(=O)N[C@H](Cc1ccc2ccccc2c1)C(=O)N[C@H](Cc1ccc(Cl)cc1)C(=O)N[C@H](Cc1cccnc1)C(=O)N[C@@H](CO)C(=O)N[C@@H](Cc1ccc(O)cc1)C(=O)N[C@H](CCCCN)C(=O)N[C@@H](Cc1c[nH]c2ccccc12)C(=O)N[C@@H](Cc1ccc(O)cc1)C(=O)N1CCC[C@H]1C(=O)N[C@H](C)C(N)=O. The molecule has 6 aromatic carbocycles. The molecule has 1 aliphatic rings. The molecular formula is C78H89ClN14O14. The molecule has 107 heavy (non-hydrogen) atoms. The number of primary amides is 1. The van der Waals surface area contributed by atoms with Crippen molar-refractivity contribution in [3.05, 3.63) is 209 Å². The summed E-state index contributed by atoms with van der Waals surface area (Å²) in [4.78, 5) is 166. The van der Waals surface area contributed by atoms with Crippen LogP contribution in [0, 0.1) is 0 Å². The Labute approximate surface area is 622 Å². The maximum Gasteiger partial charge on any atom is 0.246 e. The Kier molecular flexibility index (Phi) is 28.4. The minimum atomic E-state index is -1.83. The van der Waals surface area contributed by atoms with Crippen LogP contribution >= 0.6 is 11.6 Å². The standard InChI is InChI=1S/C78H89ClN14O14/c1-45(69(81)98)84-77(106)68-17-10-34-93(68)78(107)66(38-49-23-30-57(97)31-24-49)91-75(104)65(41-54-43-83-59-15-6-5-14-58(54)59)90-70(99)60(16-7-8-32-80)86-72(101)62(37-48-21-28-56(96)29-22-48)89-76(105)67(44-94)92-74(103)64(40-51-11-9-33-82-42-51)88-73(102)63(36-47-19-26-55(79)27-20-47)87-71(100)61(85-46(2)95)39-50-18-25-52-12-3-4-13-53(52)35-50/h3-6,9,11-15,18-31,33,35,42-43,45,60-68,83,94,96-97H,7-8,10,16-17,32,34,36-41,44,80H2,1-2H3,(H2,81,98)(H,84,106)(H,85,95)(H,86,101)(H,87,100)(H,88,102)(H,89,105)(H,90,99)(H,91,104)(H,92,103)/t45-,60-,61-,62+,63-,64-,65+,66+,67+,68+/m1/s1. The number of rotatable bonds is 36. The third-order valence-electron chi connectivity index (χ3n) is 18.5. The van der Waals surface area contributed by atoms with Crippen molar-refractivity contribution in [3.63, 3.8) is 0 Å². The fourth-order valence-corrected chi connectivity index (χ4v) is 12.8. The first kappa shape index (κ1) is 79.4. The molecule has 1 fully saturated rings. The first-order chi connectivity index (χ1) is 51.4. The number of aliphatic hydroxyl groups is 1. The zero-order valence-electron chi connectivity index (χ0n) is 59.1. The lowest BCUT2D eigenvalue weighted by Crippen LogP contribution is -2.61. The number of nitrogens with one attached hydrogen (secondary N) is 10. The quantitative estimate of drug-likeness (QED) is 0.0251. The van der Waals surface area contributed by atoms with Crippen LogP contribution in [0.5, 0.6) is 11.5 Å². The number of aromatic nitrogens is 2. The Morgan fingerprint density at radius 3 is 1.57 bits per heavy atom. The lowest BCUT2D eigenvalue weighted by molar-refractivity contribution is -0.142. The summed E-state index contributed by atoms with van der Waals surface area (Å²) in [5.41, 5.74) is 15.3. The van der Waals surface area contributed by atoms with Crippen molar-refractivity contribution in [1.82, 2.24) is 62.7 Å². The molecule has 0 spiro atoms. The van der Waals surface area contributed by atoms with E-state index >= 15 is 14.4 Å². The van der Waals surface area contributed by atoms with Gasteiger partial charge in [-0.2, -0.15) is 0 Å². The van der Waals surface area contributed by atoms with Gasteiger partial charge in [-0.1, -0.05) is 115 Å². The second kappa shape index (κ2) is 38.3. The summed E-state index contributed by atoms with van der Waals surface area (Å²) in [5, 5.41) is 58.7. The minimum absolute atomic E-state index is 0.0320. The number of phenolic OH excluding ortho intramolecular Hbond substituents is 2. The van der Waals surface area contributed by atoms with Crippen LogP contribution in [-0.2, 0) is 91.3 Å². The Morgan fingerprint density at radius 2 is 1.01 bits per heavy atom. The summed E-state index contributed by atoms with van der Waals surface area (Å²) in [6.45, 7) is 1.89. The summed E-state index contributed by atoms with van der Waals surface area (Å²) in [6.07, 6.45) is 4.78. The van der Waals surface area contributed by atoms with Gasteiger partial charge in [-0.25, -0.2) is 0 Å². The Morgan fingerprint density at radius 1 is 0.533 bits per heavy atom. The van der Waals surface area contributed by atoms with Crippen LogP contribution in [0.2, 0.25) is 5.02 Å². The highest BCUT2D eigenvalue weighted by molar-refractivity contribution is 6.30. The van der Waals surface area contributed by atoms with Crippen LogP contribution in [0.3, 0.4) is 0 Å². The number of aliphatic hydroxyl groups excluding tert-OH is 1. The van der Waals surface area contributed by atoms with Crippen molar-refractivity contribution < 1.29 is 68.1 Å². The van der Waals surface area contributed by atoms with Crippen LogP contribution in [0.25, 0.3) is 21.7 Å². The maximum atomic E-state index is 15.2. The van der Waals surface area contributed by atoms with Gasteiger partial charge in [0.25, 0.3) is 0 Å². The van der Waals surface area contributed by atoms with E-state index in [2.05, 4.69) is 57.8 Å². The molecule has 11 amide bonds. The Balaban J connectivity index is 0.966. The molecule has 0 aliphatic carbocycles. The highest BCUT2D eigenvalue weighted by Gasteiger charge is 2.41. The maximum absolute atomic E-state index is 15.2. The van der Waals surface area contributed by atoms with Gasteiger partial charge in [-0.3, -0.25) is 57.7 Å². The van der Waals surface area contributed by atoms with Crippen molar-refractivity contribution in [2.24, 2.45) is 11.5 Å². The summed E-state index contributed by atoms with van der Waals surface area (Å²) < 4.78 is 0. The average Bonchev–Trinajstić information content (AvgIpc) is 1.79. The van der Waals surface area contributed by atoms with E-state index in [0.717, 1.165) is 10.8 Å². The zero-order valence-corrected chi connectivity index (χ0v) is 59.9. The topological polar surface area (TPSA) is 441 Å².